The molecule has 3 aliphatic rings. The number of benzene rings is 2. The molecule has 2 fully saturated rings. The Morgan fingerprint density at radius 2 is 1.88 bits per heavy atom. The summed E-state index contributed by atoms with van der Waals surface area (Å²) >= 11 is 0. The molecule has 0 spiro atoms. The minimum atomic E-state index is -0.667. The van der Waals surface area contributed by atoms with Crippen molar-refractivity contribution in [2.24, 2.45) is 5.92 Å². The lowest BCUT2D eigenvalue weighted by Gasteiger charge is -2.52. The van der Waals surface area contributed by atoms with Crippen molar-refractivity contribution in [2.45, 2.75) is 57.6 Å². The molecule has 0 radical (unpaired) electrons. The van der Waals surface area contributed by atoms with Crippen LogP contribution in [0.25, 0.3) is 0 Å². The number of likely N-dealkylation sites (tertiary alicyclic amines) is 1. The number of carbonyl (C=O) groups is 1. The number of ether oxygens (including phenoxy) is 2. The predicted molar refractivity (Wildman–Crippen MR) is 123 cm³/mol. The van der Waals surface area contributed by atoms with Crippen molar-refractivity contribution < 1.29 is 19.4 Å². The molecule has 1 amide bonds. The normalized spacial score (nSPS) is 27.1. The minimum absolute atomic E-state index is 0.0259. The largest absolute Gasteiger partial charge is 0.454 e. The van der Waals surface area contributed by atoms with Crippen LogP contribution in [0.5, 0.6) is 11.5 Å². The smallest absolute Gasteiger partial charge is 0.238 e. The highest BCUT2D eigenvalue weighted by Gasteiger charge is 2.49. The lowest BCUT2D eigenvalue weighted by Crippen LogP contribution is -2.56. The van der Waals surface area contributed by atoms with Crippen LogP contribution in [-0.2, 0) is 4.79 Å². The number of aliphatic hydroxyl groups is 1. The van der Waals surface area contributed by atoms with E-state index in [-0.39, 0.29) is 24.7 Å². The van der Waals surface area contributed by atoms with E-state index in [4.69, 9.17) is 9.47 Å². The van der Waals surface area contributed by atoms with Gasteiger partial charge in [-0.25, -0.2) is 0 Å². The first kappa shape index (κ1) is 21.3. The molecule has 32 heavy (non-hydrogen) atoms. The number of hydrogen-bond acceptors (Lipinski definition) is 5. The first-order chi connectivity index (χ1) is 15.4. The van der Waals surface area contributed by atoms with Gasteiger partial charge in [0.25, 0.3) is 0 Å². The SMILES string of the molecule is Cc1cc(C)cc(NC(=O)CN2CC[C@@]3(O)CCCC[C@H]3[C@@H]2c2ccc3c(c2)OCO3)c1. The van der Waals surface area contributed by atoms with E-state index < -0.39 is 5.60 Å². The summed E-state index contributed by atoms with van der Waals surface area (Å²) in [5, 5.41) is 14.6. The predicted octanol–water partition coefficient (Wildman–Crippen LogP) is 4.34. The maximum absolute atomic E-state index is 13.0. The highest BCUT2D eigenvalue weighted by atomic mass is 16.7. The van der Waals surface area contributed by atoms with Gasteiger partial charge in [-0.05, 0) is 74.1 Å². The summed E-state index contributed by atoms with van der Waals surface area (Å²) < 4.78 is 11.1. The third kappa shape index (κ3) is 4.09. The zero-order chi connectivity index (χ0) is 22.3. The van der Waals surface area contributed by atoms with E-state index >= 15 is 0 Å². The van der Waals surface area contributed by atoms with E-state index in [1.165, 1.54) is 0 Å². The molecule has 1 aliphatic carbocycles. The van der Waals surface area contributed by atoms with E-state index in [1.807, 2.05) is 38.1 Å². The number of carbonyl (C=O) groups excluding carboxylic acids is 1. The van der Waals surface area contributed by atoms with Gasteiger partial charge in [-0.15, -0.1) is 0 Å². The highest BCUT2D eigenvalue weighted by Crippen LogP contribution is 2.50. The fourth-order valence-corrected chi connectivity index (χ4v) is 5.89. The molecule has 2 aromatic rings. The fraction of sp³-hybridized carbons (Fsp3) is 0.500. The quantitative estimate of drug-likeness (QED) is 0.746. The van der Waals surface area contributed by atoms with Crippen LogP contribution in [0.15, 0.2) is 36.4 Å². The molecule has 0 unspecified atom stereocenters. The molecule has 2 aromatic carbocycles. The van der Waals surface area contributed by atoms with Gasteiger partial charge >= 0.3 is 0 Å². The summed E-state index contributed by atoms with van der Waals surface area (Å²) in [6.07, 6.45) is 4.67. The first-order valence-corrected chi connectivity index (χ1v) is 11.7. The van der Waals surface area contributed by atoms with Crippen LogP contribution in [0.2, 0.25) is 0 Å². The van der Waals surface area contributed by atoms with Crippen LogP contribution in [0.1, 0.15) is 54.8 Å². The second-order valence-corrected chi connectivity index (χ2v) is 9.66. The van der Waals surface area contributed by atoms with Crippen molar-refractivity contribution in [2.75, 3.05) is 25.2 Å². The van der Waals surface area contributed by atoms with Gasteiger partial charge in [0, 0.05) is 24.2 Å². The van der Waals surface area contributed by atoms with Gasteiger partial charge in [-0.2, -0.15) is 0 Å². The molecule has 1 saturated carbocycles. The Kier molecular flexibility index (Phi) is 5.59. The van der Waals surface area contributed by atoms with Crippen LogP contribution in [0.3, 0.4) is 0 Å². The number of aryl methyl sites for hydroxylation is 2. The highest BCUT2D eigenvalue weighted by molar-refractivity contribution is 5.92. The number of amides is 1. The average Bonchev–Trinajstić information content (AvgIpc) is 3.20. The van der Waals surface area contributed by atoms with Crippen LogP contribution >= 0.6 is 0 Å². The second-order valence-electron chi connectivity index (χ2n) is 9.66. The Morgan fingerprint density at radius 3 is 2.69 bits per heavy atom. The second kappa shape index (κ2) is 8.41. The Balaban J connectivity index is 1.41. The minimum Gasteiger partial charge on any atom is -0.454 e. The van der Waals surface area contributed by atoms with Gasteiger partial charge in [-0.1, -0.05) is 25.0 Å². The summed E-state index contributed by atoms with van der Waals surface area (Å²) in [7, 11) is 0. The molecule has 2 N–H and O–H groups in total. The van der Waals surface area contributed by atoms with Gasteiger partial charge < -0.3 is 19.9 Å². The van der Waals surface area contributed by atoms with Crippen molar-refractivity contribution in [3.8, 4) is 11.5 Å². The van der Waals surface area contributed by atoms with E-state index in [0.29, 0.717) is 19.5 Å². The van der Waals surface area contributed by atoms with E-state index in [9.17, 15) is 9.90 Å². The lowest BCUT2D eigenvalue weighted by atomic mass is 9.66. The van der Waals surface area contributed by atoms with Gasteiger partial charge in [0.05, 0.1) is 12.1 Å². The van der Waals surface area contributed by atoms with Crippen molar-refractivity contribution >= 4 is 11.6 Å². The lowest BCUT2D eigenvalue weighted by molar-refractivity contribution is -0.135. The zero-order valence-electron chi connectivity index (χ0n) is 18.9. The number of fused-ring (bicyclic) bond motifs is 2. The first-order valence-electron chi connectivity index (χ1n) is 11.7. The standard InChI is InChI=1S/C26H32N2O4/c1-17-11-18(2)13-20(12-17)27-24(29)15-28-10-9-26(30)8-4-3-5-21(26)25(28)19-6-7-22-23(14-19)32-16-31-22/h6-7,11-14,21,25,30H,3-5,8-10,15-16H2,1-2H3,(H,27,29)/t21-,25-,26-/m0/s1. The average molecular weight is 437 g/mol. The molecule has 170 valence electrons. The van der Waals surface area contributed by atoms with Crippen LogP contribution in [0.4, 0.5) is 5.69 Å². The molecule has 6 nitrogen and oxygen atoms in total. The van der Waals surface area contributed by atoms with Gasteiger partial charge in [0.15, 0.2) is 11.5 Å². The molecule has 6 heteroatoms. The summed E-state index contributed by atoms with van der Waals surface area (Å²) in [5.41, 5.74) is 3.50. The number of nitrogens with zero attached hydrogens (tertiary/aromatic N) is 1. The third-order valence-corrected chi connectivity index (χ3v) is 7.26. The number of anilines is 1. The number of piperidine rings is 1. The molecule has 2 aliphatic heterocycles. The third-order valence-electron chi connectivity index (χ3n) is 7.26. The Morgan fingerprint density at radius 1 is 1.09 bits per heavy atom. The summed E-state index contributed by atoms with van der Waals surface area (Å²) in [6.45, 7) is 5.28. The molecule has 0 aromatic heterocycles. The summed E-state index contributed by atoms with van der Waals surface area (Å²) in [6, 6.07) is 12.1. The maximum Gasteiger partial charge on any atom is 0.238 e. The van der Waals surface area contributed by atoms with Gasteiger partial charge in [-0.3, -0.25) is 9.69 Å². The number of rotatable bonds is 4. The molecule has 5 rings (SSSR count). The Labute approximate surface area is 189 Å². The van der Waals surface area contributed by atoms with Crippen LogP contribution in [-0.4, -0.2) is 41.4 Å². The van der Waals surface area contributed by atoms with Crippen molar-refractivity contribution in [1.82, 2.24) is 4.90 Å². The number of hydrogen-bond donors (Lipinski definition) is 2. The van der Waals surface area contributed by atoms with Crippen molar-refractivity contribution in [3.05, 3.63) is 53.1 Å². The number of nitrogens with one attached hydrogen (secondary N) is 1. The molecule has 2 heterocycles. The Hall–Kier alpha value is -2.57. The molecular formula is C26H32N2O4. The molecule has 1 saturated heterocycles. The molecular weight excluding hydrogens is 404 g/mol. The molecule has 3 atom stereocenters. The van der Waals surface area contributed by atoms with E-state index in [2.05, 4.69) is 22.3 Å². The van der Waals surface area contributed by atoms with Gasteiger partial charge in [0.2, 0.25) is 12.7 Å². The summed E-state index contributed by atoms with van der Waals surface area (Å²) in [4.78, 5) is 15.3. The van der Waals surface area contributed by atoms with E-state index in [1.54, 1.807) is 0 Å². The van der Waals surface area contributed by atoms with Crippen LogP contribution < -0.4 is 14.8 Å². The van der Waals surface area contributed by atoms with Crippen molar-refractivity contribution in [1.29, 1.82) is 0 Å². The summed E-state index contributed by atoms with van der Waals surface area (Å²) in [5.74, 6) is 1.57. The monoisotopic (exact) mass is 436 g/mol. The Bertz CT molecular complexity index is 1000. The maximum atomic E-state index is 13.0. The topological polar surface area (TPSA) is 71.0 Å². The fourth-order valence-electron chi connectivity index (χ4n) is 5.89. The zero-order valence-corrected chi connectivity index (χ0v) is 18.9. The van der Waals surface area contributed by atoms with Crippen molar-refractivity contribution in [3.63, 3.8) is 0 Å². The van der Waals surface area contributed by atoms with Gasteiger partial charge in [0.1, 0.15) is 0 Å². The van der Waals surface area contributed by atoms with Crippen LogP contribution in [0, 0.1) is 19.8 Å². The van der Waals surface area contributed by atoms with E-state index in [0.717, 1.165) is 59.6 Å². The molecule has 0 bridgehead atoms.